The fourth-order valence-corrected chi connectivity index (χ4v) is 2.45. The number of anilines is 2. The second kappa shape index (κ2) is 4.57. The minimum atomic E-state index is -0.492. The standard InChI is InChI=1S/C14H19N3O2/c1-9(18)11-4-3-10(7-12(11)15)17-6-5-14(2,8-17)13(16)19/h3-4,7H,5-6,8,15H2,1-2H3,(H2,16,19). The summed E-state index contributed by atoms with van der Waals surface area (Å²) in [6, 6.07) is 5.37. The van der Waals surface area contributed by atoms with Crippen molar-refractivity contribution in [3.8, 4) is 0 Å². The normalized spacial score (nSPS) is 22.5. The van der Waals surface area contributed by atoms with Gasteiger partial charge in [0.25, 0.3) is 0 Å². The van der Waals surface area contributed by atoms with Gasteiger partial charge in [0.15, 0.2) is 5.78 Å². The molecule has 0 spiro atoms. The highest BCUT2D eigenvalue weighted by Crippen LogP contribution is 2.34. The Morgan fingerprint density at radius 3 is 2.53 bits per heavy atom. The van der Waals surface area contributed by atoms with Crippen LogP contribution < -0.4 is 16.4 Å². The van der Waals surface area contributed by atoms with Crippen LogP contribution >= 0.6 is 0 Å². The lowest BCUT2D eigenvalue weighted by Crippen LogP contribution is -2.37. The van der Waals surface area contributed by atoms with Crippen LogP contribution in [0.2, 0.25) is 0 Å². The topological polar surface area (TPSA) is 89.4 Å². The van der Waals surface area contributed by atoms with Gasteiger partial charge in [-0.15, -0.1) is 0 Å². The highest BCUT2D eigenvalue weighted by Gasteiger charge is 2.38. The van der Waals surface area contributed by atoms with Crippen molar-refractivity contribution >= 4 is 23.1 Å². The molecule has 1 saturated heterocycles. The van der Waals surface area contributed by atoms with Crippen LogP contribution in [-0.4, -0.2) is 24.8 Å². The van der Waals surface area contributed by atoms with Gasteiger partial charge in [0.1, 0.15) is 0 Å². The quantitative estimate of drug-likeness (QED) is 0.631. The van der Waals surface area contributed by atoms with E-state index in [0.717, 1.165) is 18.7 Å². The maximum Gasteiger partial charge on any atom is 0.225 e. The number of hydrogen-bond donors (Lipinski definition) is 2. The fourth-order valence-electron chi connectivity index (χ4n) is 2.45. The molecule has 0 bridgehead atoms. The third-order valence-corrected chi connectivity index (χ3v) is 3.85. The summed E-state index contributed by atoms with van der Waals surface area (Å²) in [7, 11) is 0. The van der Waals surface area contributed by atoms with Gasteiger partial charge in [-0.05, 0) is 38.5 Å². The first-order valence-corrected chi connectivity index (χ1v) is 6.29. The number of nitrogens with zero attached hydrogens (tertiary/aromatic N) is 1. The van der Waals surface area contributed by atoms with Gasteiger partial charge in [0, 0.05) is 30.0 Å². The average Bonchev–Trinajstić information content (AvgIpc) is 2.73. The number of rotatable bonds is 3. The van der Waals surface area contributed by atoms with Crippen LogP contribution in [0.1, 0.15) is 30.6 Å². The SMILES string of the molecule is CC(=O)c1ccc(N2CCC(C)(C(N)=O)C2)cc1N. The van der Waals surface area contributed by atoms with Crippen LogP contribution in [0.4, 0.5) is 11.4 Å². The maximum atomic E-state index is 11.4. The maximum absolute atomic E-state index is 11.4. The van der Waals surface area contributed by atoms with Gasteiger partial charge in [0.2, 0.25) is 5.91 Å². The van der Waals surface area contributed by atoms with Crippen molar-refractivity contribution in [2.45, 2.75) is 20.3 Å². The predicted octanol–water partition coefficient (Wildman–Crippen LogP) is 1.17. The summed E-state index contributed by atoms with van der Waals surface area (Å²) in [4.78, 5) is 24.8. The smallest absolute Gasteiger partial charge is 0.225 e. The van der Waals surface area contributed by atoms with E-state index in [9.17, 15) is 9.59 Å². The molecule has 1 aromatic rings. The first-order chi connectivity index (χ1) is 8.83. The van der Waals surface area contributed by atoms with Gasteiger partial charge >= 0.3 is 0 Å². The number of benzene rings is 1. The number of amides is 1. The monoisotopic (exact) mass is 261 g/mol. The molecule has 1 amide bonds. The highest BCUT2D eigenvalue weighted by molar-refractivity contribution is 5.99. The molecular weight excluding hydrogens is 242 g/mol. The van der Waals surface area contributed by atoms with Gasteiger partial charge in [-0.1, -0.05) is 0 Å². The number of Topliss-reactive ketones (excluding diaryl/α,β-unsaturated/α-hetero) is 1. The fraction of sp³-hybridized carbons (Fsp3) is 0.429. The van der Waals surface area contributed by atoms with Gasteiger partial charge in [-0.3, -0.25) is 9.59 Å². The molecule has 1 unspecified atom stereocenters. The lowest BCUT2D eigenvalue weighted by Gasteiger charge is -2.23. The number of nitrogens with two attached hydrogens (primary N) is 2. The summed E-state index contributed by atoms with van der Waals surface area (Å²) in [6.07, 6.45) is 0.733. The molecular formula is C14H19N3O2. The molecule has 1 atom stereocenters. The van der Waals surface area contributed by atoms with Crippen LogP contribution in [0, 0.1) is 5.41 Å². The molecule has 2 rings (SSSR count). The molecule has 0 radical (unpaired) electrons. The molecule has 1 aromatic carbocycles. The molecule has 4 N–H and O–H groups in total. The third kappa shape index (κ3) is 2.41. The Morgan fingerprint density at radius 1 is 1.37 bits per heavy atom. The first kappa shape index (κ1) is 13.4. The van der Waals surface area contributed by atoms with Crippen LogP contribution in [0.25, 0.3) is 0 Å². The average molecular weight is 261 g/mol. The number of hydrogen-bond acceptors (Lipinski definition) is 4. The van der Waals surface area contributed by atoms with Gasteiger partial charge in [-0.2, -0.15) is 0 Å². The van der Waals surface area contributed by atoms with E-state index < -0.39 is 5.41 Å². The number of ketones is 1. The Balaban J connectivity index is 2.23. The number of carbonyl (C=O) groups excluding carboxylic acids is 2. The molecule has 19 heavy (non-hydrogen) atoms. The van der Waals surface area contributed by atoms with Crippen molar-refractivity contribution in [2.24, 2.45) is 11.1 Å². The largest absolute Gasteiger partial charge is 0.398 e. The molecule has 5 heteroatoms. The van der Waals surface area contributed by atoms with Crippen LogP contribution in [0.15, 0.2) is 18.2 Å². The van der Waals surface area contributed by atoms with E-state index >= 15 is 0 Å². The molecule has 5 nitrogen and oxygen atoms in total. The third-order valence-electron chi connectivity index (χ3n) is 3.85. The molecule has 0 aliphatic carbocycles. The van der Waals surface area contributed by atoms with Crippen molar-refractivity contribution in [1.29, 1.82) is 0 Å². The summed E-state index contributed by atoms with van der Waals surface area (Å²) in [5, 5.41) is 0. The van der Waals surface area contributed by atoms with Crippen LogP contribution in [-0.2, 0) is 4.79 Å². The Hall–Kier alpha value is -2.04. The minimum Gasteiger partial charge on any atom is -0.398 e. The van der Waals surface area contributed by atoms with Crippen LogP contribution in [0.5, 0.6) is 0 Å². The Labute approximate surface area is 112 Å². The van der Waals surface area contributed by atoms with E-state index in [-0.39, 0.29) is 11.7 Å². The van der Waals surface area contributed by atoms with Crippen molar-refractivity contribution in [1.82, 2.24) is 0 Å². The van der Waals surface area contributed by atoms with Crippen molar-refractivity contribution in [3.63, 3.8) is 0 Å². The Kier molecular flexibility index (Phi) is 3.22. The molecule has 0 aromatic heterocycles. The highest BCUT2D eigenvalue weighted by atomic mass is 16.1. The van der Waals surface area contributed by atoms with E-state index in [2.05, 4.69) is 4.90 Å². The van der Waals surface area contributed by atoms with E-state index in [1.165, 1.54) is 6.92 Å². The predicted molar refractivity (Wildman–Crippen MR) is 75.0 cm³/mol. The zero-order valence-corrected chi connectivity index (χ0v) is 11.3. The van der Waals surface area contributed by atoms with Gasteiger partial charge in [0.05, 0.1) is 5.41 Å². The molecule has 1 fully saturated rings. The summed E-state index contributed by atoms with van der Waals surface area (Å²) in [5.41, 5.74) is 12.7. The molecule has 0 saturated carbocycles. The van der Waals surface area contributed by atoms with E-state index in [0.29, 0.717) is 17.8 Å². The zero-order valence-electron chi connectivity index (χ0n) is 11.3. The summed E-state index contributed by atoms with van der Waals surface area (Å²) in [5.74, 6) is -0.323. The van der Waals surface area contributed by atoms with Crippen molar-refractivity contribution in [2.75, 3.05) is 23.7 Å². The number of carbonyl (C=O) groups is 2. The van der Waals surface area contributed by atoms with Crippen molar-refractivity contribution < 1.29 is 9.59 Å². The molecule has 1 heterocycles. The summed E-state index contributed by atoms with van der Waals surface area (Å²) >= 11 is 0. The van der Waals surface area contributed by atoms with E-state index in [1.807, 2.05) is 13.0 Å². The molecule has 102 valence electrons. The van der Waals surface area contributed by atoms with E-state index in [4.69, 9.17) is 11.5 Å². The Morgan fingerprint density at radius 2 is 2.05 bits per heavy atom. The Bertz CT molecular complexity index is 541. The number of nitrogen functional groups attached to an aromatic ring is 1. The number of primary amides is 1. The lowest BCUT2D eigenvalue weighted by atomic mass is 9.89. The summed E-state index contributed by atoms with van der Waals surface area (Å²) in [6.45, 7) is 4.72. The summed E-state index contributed by atoms with van der Waals surface area (Å²) < 4.78 is 0. The zero-order chi connectivity index (χ0) is 14.2. The second-order valence-corrected chi connectivity index (χ2v) is 5.42. The lowest BCUT2D eigenvalue weighted by molar-refractivity contribution is -0.125. The minimum absolute atomic E-state index is 0.0487. The van der Waals surface area contributed by atoms with Gasteiger partial charge in [-0.25, -0.2) is 0 Å². The first-order valence-electron chi connectivity index (χ1n) is 6.29. The second-order valence-electron chi connectivity index (χ2n) is 5.42. The van der Waals surface area contributed by atoms with Gasteiger partial charge < -0.3 is 16.4 Å². The van der Waals surface area contributed by atoms with Crippen molar-refractivity contribution in [3.05, 3.63) is 23.8 Å². The van der Waals surface area contributed by atoms with E-state index in [1.54, 1.807) is 12.1 Å². The molecule has 1 aliphatic rings. The van der Waals surface area contributed by atoms with Crippen LogP contribution in [0.3, 0.4) is 0 Å². The molecule has 1 aliphatic heterocycles.